The van der Waals surface area contributed by atoms with E-state index in [1.165, 1.54) is 11.8 Å². The first kappa shape index (κ1) is 14.4. The van der Waals surface area contributed by atoms with Crippen LogP contribution in [-0.2, 0) is 0 Å². The second-order valence-corrected chi connectivity index (χ2v) is 3.91. The third kappa shape index (κ3) is 8.41. The molecule has 0 aromatic rings. The van der Waals surface area contributed by atoms with Crippen molar-refractivity contribution < 1.29 is 18.0 Å². The summed E-state index contributed by atoms with van der Waals surface area (Å²) in [5.74, 6) is 0.690. The first-order valence-electron chi connectivity index (χ1n) is 4.49. The zero-order valence-electron chi connectivity index (χ0n) is 8.65. The Morgan fingerprint density at radius 3 is 2.47 bits per heavy atom. The molecule has 0 saturated carbocycles. The van der Waals surface area contributed by atoms with E-state index < -0.39 is 18.8 Å². The molecule has 0 aliphatic carbocycles. The van der Waals surface area contributed by atoms with Gasteiger partial charge in [-0.05, 0) is 12.7 Å². The largest absolute Gasteiger partial charge is 0.405 e. The van der Waals surface area contributed by atoms with Crippen molar-refractivity contribution in [3.8, 4) is 0 Å². The lowest BCUT2D eigenvalue weighted by Crippen LogP contribution is -2.45. The van der Waals surface area contributed by atoms with Gasteiger partial charge in [-0.1, -0.05) is 6.92 Å². The summed E-state index contributed by atoms with van der Waals surface area (Å²) in [5.41, 5.74) is 0. The minimum absolute atomic E-state index is 0.0896. The summed E-state index contributed by atoms with van der Waals surface area (Å²) in [6.45, 7) is 0.569. The molecule has 0 heterocycles. The van der Waals surface area contributed by atoms with E-state index in [1.54, 1.807) is 5.32 Å². The van der Waals surface area contributed by atoms with Gasteiger partial charge >= 0.3 is 12.2 Å². The summed E-state index contributed by atoms with van der Waals surface area (Å²) in [5, 5.41) is 4.23. The average Bonchev–Trinajstić information content (AvgIpc) is 2.13. The number of amides is 2. The maximum absolute atomic E-state index is 11.7. The summed E-state index contributed by atoms with van der Waals surface area (Å²) in [6.07, 6.45) is -1.79. The van der Waals surface area contributed by atoms with E-state index in [9.17, 15) is 18.0 Å². The molecule has 90 valence electrons. The number of urea groups is 1. The van der Waals surface area contributed by atoms with Gasteiger partial charge in [0.1, 0.15) is 6.54 Å². The highest BCUT2D eigenvalue weighted by molar-refractivity contribution is 7.98. The van der Waals surface area contributed by atoms with Crippen molar-refractivity contribution in [2.75, 3.05) is 18.6 Å². The monoisotopic (exact) mass is 244 g/mol. The van der Waals surface area contributed by atoms with Crippen LogP contribution >= 0.6 is 11.8 Å². The van der Waals surface area contributed by atoms with Gasteiger partial charge in [0.15, 0.2) is 0 Å². The van der Waals surface area contributed by atoms with Crippen LogP contribution in [0.25, 0.3) is 0 Å². The van der Waals surface area contributed by atoms with E-state index in [4.69, 9.17) is 0 Å². The van der Waals surface area contributed by atoms with Crippen LogP contribution in [0.1, 0.15) is 13.3 Å². The molecule has 2 N–H and O–H groups in total. The number of carbonyl (C=O) groups is 1. The van der Waals surface area contributed by atoms with Gasteiger partial charge in [-0.3, -0.25) is 0 Å². The fourth-order valence-corrected chi connectivity index (χ4v) is 1.60. The summed E-state index contributed by atoms with van der Waals surface area (Å²) >= 11 is 1.54. The molecule has 7 heteroatoms. The third-order valence-electron chi connectivity index (χ3n) is 1.65. The molecule has 0 spiro atoms. The maximum Gasteiger partial charge on any atom is 0.405 e. The SMILES string of the molecule is CCC(CSC)NC(=O)NCC(F)(F)F. The molecule has 0 saturated heterocycles. The molecule has 0 fully saturated rings. The van der Waals surface area contributed by atoms with Gasteiger partial charge in [-0.2, -0.15) is 24.9 Å². The Balaban J connectivity index is 3.81. The molecule has 0 bridgehead atoms. The van der Waals surface area contributed by atoms with Crippen molar-refractivity contribution in [1.29, 1.82) is 0 Å². The highest BCUT2D eigenvalue weighted by atomic mass is 32.2. The van der Waals surface area contributed by atoms with E-state index in [2.05, 4.69) is 5.32 Å². The molecule has 3 nitrogen and oxygen atoms in total. The lowest BCUT2D eigenvalue weighted by atomic mass is 10.3. The Morgan fingerprint density at radius 1 is 1.47 bits per heavy atom. The highest BCUT2D eigenvalue weighted by Crippen LogP contribution is 2.12. The summed E-state index contributed by atoms with van der Waals surface area (Å²) < 4.78 is 35.2. The van der Waals surface area contributed by atoms with Gasteiger partial charge < -0.3 is 10.6 Å². The number of carbonyl (C=O) groups excluding carboxylic acids is 1. The Kier molecular flexibility index (Phi) is 6.55. The van der Waals surface area contributed by atoms with Crippen molar-refractivity contribution >= 4 is 17.8 Å². The molecular formula is C8H15F3N2OS. The van der Waals surface area contributed by atoms with Gasteiger partial charge in [0.2, 0.25) is 0 Å². The lowest BCUT2D eigenvalue weighted by Gasteiger charge is -2.16. The van der Waals surface area contributed by atoms with Crippen LogP contribution in [0.4, 0.5) is 18.0 Å². The molecule has 0 aromatic carbocycles. The van der Waals surface area contributed by atoms with Gasteiger partial charge in [-0.15, -0.1) is 0 Å². The molecule has 0 aromatic heterocycles. The van der Waals surface area contributed by atoms with Crippen molar-refractivity contribution in [2.45, 2.75) is 25.6 Å². The Bertz CT molecular complexity index is 199. The number of rotatable bonds is 5. The predicted octanol–water partition coefficient (Wildman–Crippen LogP) is 1.99. The second kappa shape index (κ2) is 6.81. The Hall–Kier alpha value is -0.590. The van der Waals surface area contributed by atoms with Crippen LogP contribution in [0, 0.1) is 0 Å². The van der Waals surface area contributed by atoms with Crippen LogP contribution in [0.2, 0.25) is 0 Å². The van der Waals surface area contributed by atoms with Crippen LogP contribution in [0.15, 0.2) is 0 Å². The Labute approximate surface area is 91.2 Å². The zero-order chi connectivity index (χ0) is 11.9. The summed E-state index contributed by atoms with van der Waals surface area (Å²) in [4.78, 5) is 11.0. The standard InChI is InChI=1S/C8H15F3N2OS/c1-3-6(4-15-2)13-7(14)12-5-8(9,10)11/h6H,3-5H2,1-2H3,(H2,12,13,14). The second-order valence-electron chi connectivity index (χ2n) is 3.00. The molecule has 1 unspecified atom stereocenters. The quantitative estimate of drug-likeness (QED) is 0.776. The lowest BCUT2D eigenvalue weighted by molar-refractivity contribution is -0.122. The topological polar surface area (TPSA) is 41.1 Å². The molecule has 1 atom stereocenters. The van der Waals surface area contributed by atoms with Crippen LogP contribution in [0.5, 0.6) is 0 Å². The fourth-order valence-electron chi connectivity index (χ4n) is 0.880. The third-order valence-corrected chi connectivity index (χ3v) is 2.38. The van der Waals surface area contributed by atoms with Gasteiger partial charge in [-0.25, -0.2) is 4.79 Å². The van der Waals surface area contributed by atoms with Gasteiger partial charge in [0.25, 0.3) is 0 Å². The molecule has 0 aliphatic rings. The van der Waals surface area contributed by atoms with Crippen molar-refractivity contribution in [2.24, 2.45) is 0 Å². The van der Waals surface area contributed by atoms with E-state index in [0.29, 0.717) is 12.2 Å². The smallest absolute Gasteiger partial charge is 0.335 e. The molecule has 0 aliphatic heterocycles. The maximum atomic E-state index is 11.7. The van der Waals surface area contributed by atoms with Gasteiger partial charge in [0, 0.05) is 11.8 Å². The van der Waals surface area contributed by atoms with Crippen molar-refractivity contribution in [1.82, 2.24) is 10.6 Å². The minimum atomic E-state index is -4.36. The number of halogens is 3. The number of thioether (sulfide) groups is 1. The molecule has 0 radical (unpaired) electrons. The predicted molar refractivity (Wildman–Crippen MR) is 55.1 cm³/mol. The van der Waals surface area contributed by atoms with E-state index in [1.807, 2.05) is 13.2 Å². The van der Waals surface area contributed by atoms with Crippen LogP contribution in [-0.4, -0.2) is 36.8 Å². The summed E-state index contributed by atoms with van der Waals surface area (Å²) in [6, 6.07) is -0.860. The van der Waals surface area contributed by atoms with Crippen molar-refractivity contribution in [3.05, 3.63) is 0 Å². The van der Waals surface area contributed by atoms with E-state index in [-0.39, 0.29) is 6.04 Å². The molecule has 15 heavy (non-hydrogen) atoms. The van der Waals surface area contributed by atoms with Crippen LogP contribution < -0.4 is 10.6 Å². The van der Waals surface area contributed by atoms with Crippen molar-refractivity contribution in [3.63, 3.8) is 0 Å². The molecular weight excluding hydrogens is 229 g/mol. The Morgan fingerprint density at radius 2 is 2.07 bits per heavy atom. The number of hydrogen-bond donors (Lipinski definition) is 2. The molecule has 0 rings (SSSR count). The zero-order valence-corrected chi connectivity index (χ0v) is 9.47. The average molecular weight is 244 g/mol. The van der Waals surface area contributed by atoms with Gasteiger partial charge in [0.05, 0.1) is 0 Å². The highest BCUT2D eigenvalue weighted by Gasteiger charge is 2.27. The fraction of sp³-hybridized carbons (Fsp3) is 0.875. The summed E-state index contributed by atoms with van der Waals surface area (Å²) in [7, 11) is 0. The minimum Gasteiger partial charge on any atom is -0.335 e. The number of hydrogen-bond acceptors (Lipinski definition) is 2. The first-order valence-corrected chi connectivity index (χ1v) is 5.88. The number of alkyl halides is 3. The van der Waals surface area contributed by atoms with E-state index >= 15 is 0 Å². The molecule has 2 amide bonds. The number of nitrogens with one attached hydrogen (secondary N) is 2. The van der Waals surface area contributed by atoms with Crippen LogP contribution in [0.3, 0.4) is 0 Å². The first-order chi connectivity index (χ1) is 6.89. The normalized spacial score (nSPS) is 13.4. The van der Waals surface area contributed by atoms with E-state index in [0.717, 1.165) is 0 Å².